The Kier molecular flexibility index (Phi) is 5.42. The molecule has 0 saturated carbocycles. The first kappa shape index (κ1) is 18.0. The van der Waals surface area contributed by atoms with Gasteiger partial charge in [-0.2, -0.15) is 0 Å². The Bertz CT molecular complexity index is 865. The van der Waals surface area contributed by atoms with Crippen molar-refractivity contribution in [1.29, 1.82) is 0 Å². The van der Waals surface area contributed by atoms with Crippen LogP contribution in [0.1, 0.15) is 30.0 Å². The lowest BCUT2D eigenvalue weighted by Gasteiger charge is -2.06. The van der Waals surface area contributed by atoms with E-state index in [0.717, 1.165) is 4.68 Å². The van der Waals surface area contributed by atoms with Crippen LogP contribution in [0.15, 0.2) is 29.1 Å². The number of nitro benzene ring substituents is 1. The highest BCUT2D eigenvalue weighted by Gasteiger charge is 2.17. The van der Waals surface area contributed by atoms with Gasteiger partial charge < -0.3 is 4.74 Å². The van der Waals surface area contributed by atoms with Gasteiger partial charge in [0.05, 0.1) is 11.5 Å². The Balaban J connectivity index is 2.29. The number of ether oxygens (including phenoxy) is 1. The molecule has 1 aromatic carbocycles. The molecule has 2 aromatic rings. The number of nitrogens with zero attached hydrogens (tertiary/aromatic N) is 4. The van der Waals surface area contributed by atoms with Crippen LogP contribution in [0.2, 0.25) is 0 Å². The summed E-state index contributed by atoms with van der Waals surface area (Å²) in [6.45, 7) is 2.47. The quantitative estimate of drug-likeness (QED) is 0.428. The third-order valence-electron chi connectivity index (χ3n) is 3.37. The van der Waals surface area contributed by atoms with E-state index in [1.165, 1.54) is 30.5 Å². The van der Waals surface area contributed by atoms with E-state index in [1.807, 2.05) is 0 Å². The van der Waals surface area contributed by atoms with E-state index < -0.39 is 22.5 Å². The van der Waals surface area contributed by atoms with E-state index in [0.29, 0.717) is 11.4 Å². The summed E-state index contributed by atoms with van der Waals surface area (Å²) in [6, 6.07) is 5.79. The molecule has 0 fully saturated rings. The molecule has 2 rings (SSSR count). The fraction of sp³-hybridized carbons (Fsp3) is 0.333. The molecule has 0 spiro atoms. The Hall–Kier alpha value is -3.30. The van der Waals surface area contributed by atoms with Gasteiger partial charge in [0, 0.05) is 32.4 Å². The second-order valence-electron chi connectivity index (χ2n) is 5.22. The van der Waals surface area contributed by atoms with Crippen LogP contribution in [0.4, 0.5) is 5.69 Å². The number of nitro groups is 1. The predicted octanol–water partition coefficient (Wildman–Crippen LogP) is 0.767. The lowest BCUT2D eigenvalue weighted by atomic mass is 10.1. The van der Waals surface area contributed by atoms with Gasteiger partial charge in [-0.25, -0.2) is 4.79 Å². The van der Waals surface area contributed by atoms with Gasteiger partial charge in [0.15, 0.2) is 0 Å². The maximum atomic E-state index is 12.3. The number of non-ortho nitro benzene ring substituents is 1. The Morgan fingerprint density at radius 2 is 1.88 bits per heavy atom. The Labute approximate surface area is 141 Å². The van der Waals surface area contributed by atoms with Gasteiger partial charge in [-0.1, -0.05) is 12.1 Å². The predicted molar refractivity (Wildman–Crippen MR) is 85.3 cm³/mol. The SMILES string of the molecule is CC(=O)OCCn1c(Cc2ccc([N+](=O)[O-])cc2)nn(C(C)=O)c1=O. The summed E-state index contributed by atoms with van der Waals surface area (Å²) in [5, 5.41) is 14.7. The summed E-state index contributed by atoms with van der Waals surface area (Å²) in [5.41, 5.74) is 0.00173. The monoisotopic (exact) mass is 348 g/mol. The molecule has 0 atom stereocenters. The van der Waals surface area contributed by atoms with E-state index in [1.54, 1.807) is 12.1 Å². The van der Waals surface area contributed by atoms with Crippen molar-refractivity contribution in [2.24, 2.45) is 0 Å². The number of carbonyl (C=O) groups is 2. The van der Waals surface area contributed by atoms with Crippen molar-refractivity contribution < 1.29 is 19.2 Å². The van der Waals surface area contributed by atoms with Crippen LogP contribution >= 0.6 is 0 Å². The number of aromatic nitrogens is 3. The molecule has 0 aliphatic heterocycles. The molecule has 0 saturated heterocycles. The van der Waals surface area contributed by atoms with Gasteiger partial charge in [0.2, 0.25) is 5.91 Å². The lowest BCUT2D eigenvalue weighted by Crippen LogP contribution is -2.29. The first-order valence-corrected chi connectivity index (χ1v) is 7.36. The Morgan fingerprint density at radius 1 is 1.24 bits per heavy atom. The maximum Gasteiger partial charge on any atom is 0.353 e. The second-order valence-corrected chi connectivity index (χ2v) is 5.22. The van der Waals surface area contributed by atoms with Crippen molar-refractivity contribution in [3.63, 3.8) is 0 Å². The van der Waals surface area contributed by atoms with E-state index in [2.05, 4.69) is 5.10 Å². The summed E-state index contributed by atoms with van der Waals surface area (Å²) in [7, 11) is 0. The largest absolute Gasteiger partial charge is 0.464 e. The molecule has 1 heterocycles. The van der Waals surface area contributed by atoms with Crippen molar-refractivity contribution in [1.82, 2.24) is 14.3 Å². The summed E-state index contributed by atoms with van der Waals surface area (Å²) < 4.78 is 6.79. The maximum absolute atomic E-state index is 12.3. The fourth-order valence-electron chi connectivity index (χ4n) is 2.20. The summed E-state index contributed by atoms with van der Waals surface area (Å²) >= 11 is 0. The molecule has 0 aliphatic rings. The summed E-state index contributed by atoms with van der Waals surface area (Å²) in [4.78, 5) is 44.8. The molecule has 0 radical (unpaired) electrons. The van der Waals surface area contributed by atoms with Crippen LogP contribution in [0.25, 0.3) is 0 Å². The molecule has 25 heavy (non-hydrogen) atoms. The van der Waals surface area contributed by atoms with Crippen LogP contribution in [0, 0.1) is 10.1 Å². The van der Waals surface area contributed by atoms with Gasteiger partial charge in [0.25, 0.3) is 5.69 Å². The topological polar surface area (TPSA) is 126 Å². The summed E-state index contributed by atoms with van der Waals surface area (Å²) in [6.07, 6.45) is 0.188. The van der Waals surface area contributed by atoms with Crippen LogP contribution in [-0.2, 0) is 22.5 Å². The number of esters is 1. The average Bonchev–Trinajstić information content (AvgIpc) is 2.84. The van der Waals surface area contributed by atoms with Gasteiger partial charge >= 0.3 is 11.7 Å². The number of rotatable bonds is 6. The number of hydrogen-bond donors (Lipinski definition) is 0. The lowest BCUT2D eigenvalue weighted by molar-refractivity contribution is -0.384. The number of benzene rings is 1. The highest BCUT2D eigenvalue weighted by atomic mass is 16.6. The molecular weight excluding hydrogens is 332 g/mol. The van der Waals surface area contributed by atoms with E-state index in [-0.39, 0.29) is 25.3 Å². The van der Waals surface area contributed by atoms with Crippen LogP contribution in [0.3, 0.4) is 0 Å². The first-order chi connectivity index (χ1) is 11.8. The van der Waals surface area contributed by atoms with Crippen LogP contribution in [0.5, 0.6) is 0 Å². The highest BCUT2D eigenvalue weighted by Crippen LogP contribution is 2.14. The van der Waals surface area contributed by atoms with Crippen molar-refractivity contribution >= 4 is 17.6 Å². The van der Waals surface area contributed by atoms with Crippen molar-refractivity contribution in [3.05, 3.63) is 56.3 Å². The highest BCUT2D eigenvalue weighted by molar-refractivity contribution is 5.74. The molecule has 0 unspecified atom stereocenters. The zero-order chi connectivity index (χ0) is 18.6. The van der Waals surface area contributed by atoms with Crippen LogP contribution < -0.4 is 5.69 Å². The van der Waals surface area contributed by atoms with Crippen molar-refractivity contribution in [2.45, 2.75) is 26.8 Å². The fourth-order valence-corrected chi connectivity index (χ4v) is 2.20. The smallest absolute Gasteiger partial charge is 0.353 e. The van der Waals surface area contributed by atoms with E-state index >= 15 is 0 Å². The van der Waals surface area contributed by atoms with Crippen molar-refractivity contribution in [3.8, 4) is 0 Å². The molecule has 0 bridgehead atoms. The molecule has 1 aromatic heterocycles. The summed E-state index contributed by atoms with van der Waals surface area (Å²) in [5.74, 6) is -0.730. The van der Waals surface area contributed by atoms with Gasteiger partial charge in [-0.15, -0.1) is 9.78 Å². The number of hydrogen-bond acceptors (Lipinski definition) is 7. The molecule has 0 amide bonds. The molecule has 0 aliphatic carbocycles. The Morgan fingerprint density at radius 3 is 2.40 bits per heavy atom. The van der Waals surface area contributed by atoms with Gasteiger partial charge in [0.1, 0.15) is 12.4 Å². The minimum atomic E-state index is -0.628. The van der Waals surface area contributed by atoms with Gasteiger partial charge in [-0.05, 0) is 5.56 Å². The van der Waals surface area contributed by atoms with E-state index in [9.17, 15) is 24.5 Å². The minimum Gasteiger partial charge on any atom is -0.464 e. The van der Waals surface area contributed by atoms with Gasteiger partial charge in [-0.3, -0.25) is 24.3 Å². The second kappa shape index (κ2) is 7.51. The zero-order valence-corrected chi connectivity index (χ0v) is 13.7. The third kappa shape index (κ3) is 4.37. The average molecular weight is 348 g/mol. The molecule has 0 N–H and O–H groups in total. The number of carbonyl (C=O) groups excluding carboxylic acids is 2. The molecule has 132 valence electrons. The third-order valence-corrected chi connectivity index (χ3v) is 3.37. The van der Waals surface area contributed by atoms with Crippen LogP contribution in [-0.4, -0.2) is 37.8 Å². The van der Waals surface area contributed by atoms with E-state index in [4.69, 9.17) is 4.74 Å². The zero-order valence-electron chi connectivity index (χ0n) is 13.7. The van der Waals surface area contributed by atoms with Crippen molar-refractivity contribution in [2.75, 3.05) is 6.61 Å². The molecule has 10 nitrogen and oxygen atoms in total. The standard InChI is InChI=1S/C15H16N4O6/c1-10(20)18-15(22)17(7-8-25-11(2)21)14(16-18)9-12-3-5-13(6-4-12)19(23)24/h3-6H,7-9H2,1-2H3. The first-order valence-electron chi connectivity index (χ1n) is 7.36. The normalized spacial score (nSPS) is 10.5. The minimum absolute atomic E-state index is 0.0356. The molecule has 10 heteroatoms. The molecular formula is C15H16N4O6.